The number of rotatable bonds is 7. The standard InChI is InChI=1S/C12H19F2N3O3S/c1-3-4-5-16(2)12(18)10-6-9(21(15,19)20)7-17(10)8-11(13)14/h6-7,11H,3-5,8H2,1-2H3,(H2,15,19,20). The summed E-state index contributed by atoms with van der Waals surface area (Å²) in [5, 5.41) is 4.97. The van der Waals surface area contributed by atoms with Crippen LogP contribution in [0.25, 0.3) is 0 Å². The van der Waals surface area contributed by atoms with E-state index in [1.807, 2.05) is 6.92 Å². The predicted octanol–water partition coefficient (Wildman–Crippen LogP) is 1.27. The van der Waals surface area contributed by atoms with E-state index in [2.05, 4.69) is 0 Å². The Labute approximate surface area is 122 Å². The molecule has 1 aromatic heterocycles. The average molecular weight is 323 g/mol. The highest BCUT2D eigenvalue weighted by Gasteiger charge is 2.22. The molecule has 0 saturated heterocycles. The molecule has 0 unspecified atom stereocenters. The van der Waals surface area contributed by atoms with E-state index in [0.717, 1.165) is 29.7 Å². The number of sulfonamides is 1. The number of primary sulfonamides is 1. The van der Waals surface area contributed by atoms with Gasteiger partial charge in [-0.15, -0.1) is 0 Å². The van der Waals surface area contributed by atoms with Crippen LogP contribution in [0.15, 0.2) is 17.2 Å². The second-order valence-electron chi connectivity index (χ2n) is 4.73. The summed E-state index contributed by atoms with van der Waals surface area (Å²) in [6, 6.07) is 1.03. The molecule has 0 aliphatic heterocycles. The van der Waals surface area contributed by atoms with Gasteiger partial charge in [-0.2, -0.15) is 0 Å². The van der Waals surface area contributed by atoms with Gasteiger partial charge in [0.2, 0.25) is 10.0 Å². The third kappa shape index (κ3) is 4.78. The van der Waals surface area contributed by atoms with Gasteiger partial charge in [-0.05, 0) is 12.5 Å². The Morgan fingerprint density at radius 2 is 2.10 bits per heavy atom. The van der Waals surface area contributed by atoms with Gasteiger partial charge in [0.15, 0.2) is 0 Å². The number of nitrogens with zero attached hydrogens (tertiary/aromatic N) is 2. The minimum Gasteiger partial charge on any atom is -0.340 e. The lowest BCUT2D eigenvalue weighted by atomic mass is 10.3. The first kappa shape index (κ1) is 17.6. The van der Waals surface area contributed by atoms with Crippen LogP contribution >= 0.6 is 0 Å². The summed E-state index contributed by atoms with van der Waals surface area (Å²) in [6.45, 7) is 1.65. The van der Waals surface area contributed by atoms with E-state index in [1.54, 1.807) is 0 Å². The smallest absolute Gasteiger partial charge is 0.270 e. The number of carbonyl (C=O) groups excluding carboxylic acids is 1. The van der Waals surface area contributed by atoms with Crippen LogP contribution in [0.4, 0.5) is 8.78 Å². The SMILES string of the molecule is CCCCN(C)C(=O)c1cc(S(N)(=O)=O)cn1CC(F)F. The number of alkyl halides is 2. The van der Waals surface area contributed by atoms with Gasteiger partial charge >= 0.3 is 0 Å². The van der Waals surface area contributed by atoms with Crippen molar-refractivity contribution in [1.82, 2.24) is 9.47 Å². The number of carbonyl (C=O) groups is 1. The molecule has 6 nitrogen and oxygen atoms in total. The molecule has 0 spiro atoms. The first-order valence-corrected chi connectivity index (χ1v) is 7.98. The van der Waals surface area contributed by atoms with Crippen molar-refractivity contribution in [3.63, 3.8) is 0 Å². The second-order valence-corrected chi connectivity index (χ2v) is 6.29. The average Bonchev–Trinajstić information content (AvgIpc) is 2.77. The Morgan fingerprint density at radius 3 is 2.57 bits per heavy atom. The Bertz CT molecular complexity index is 599. The molecule has 1 amide bonds. The van der Waals surface area contributed by atoms with E-state index >= 15 is 0 Å². The second kappa shape index (κ2) is 6.99. The van der Waals surface area contributed by atoms with Crippen LogP contribution in [-0.4, -0.2) is 43.8 Å². The van der Waals surface area contributed by atoms with E-state index in [-0.39, 0.29) is 10.6 Å². The molecule has 1 rings (SSSR count). The van der Waals surface area contributed by atoms with Crippen molar-refractivity contribution in [3.8, 4) is 0 Å². The van der Waals surface area contributed by atoms with Crippen LogP contribution in [0, 0.1) is 0 Å². The number of hydrogen-bond acceptors (Lipinski definition) is 3. The highest BCUT2D eigenvalue weighted by Crippen LogP contribution is 2.16. The van der Waals surface area contributed by atoms with Gasteiger partial charge in [-0.25, -0.2) is 22.3 Å². The van der Waals surface area contributed by atoms with Crippen LogP contribution in [0.2, 0.25) is 0 Å². The minimum atomic E-state index is -4.05. The summed E-state index contributed by atoms with van der Waals surface area (Å²) in [5.41, 5.74) is -0.113. The first-order chi connectivity index (χ1) is 9.66. The number of aromatic nitrogens is 1. The lowest BCUT2D eigenvalue weighted by molar-refractivity contribution is 0.0772. The van der Waals surface area contributed by atoms with Gasteiger partial charge in [-0.3, -0.25) is 4.79 Å². The largest absolute Gasteiger partial charge is 0.340 e. The van der Waals surface area contributed by atoms with E-state index < -0.39 is 28.9 Å². The fraction of sp³-hybridized carbons (Fsp3) is 0.583. The molecule has 0 radical (unpaired) electrons. The molecular weight excluding hydrogens is 304 g/mol. The van der Waals surface area contributed by atoms with Crippen LogP contribution in [0.3, 0.4) is 0 Å². The Morgan fingerprint density at radius 1 is 1.48 bits per heavy atom. The quantitative estimate of drug-likeness (QED) is 0.820. The van der Waals surface area contributed by atoms with Crippen LogP contribution in [-0.2, 0) is 16.6 Å². The van der Waals surface area contributed by atoms with Crippen molar-refractivity contribution in [1.29, 1.82) is 0 Å². The Kier molecular flexibility index (Phi) is 5.85. The number of hydrogen-bond donors (Lipinski definition) is 1. The maximum Gasteiger partial charge on any atom is 0.270 e. The third-order valence-electron chi connectivity index (χ3n) is 2.95. The molecular formula is C12H19F2N3O3S. The van der Waals surface area contributed by atoms with Crippen LogP contribution in [0.1, 0.15) is 30.3 Å². The molecule has 120 valence electrons. The van der Waals surface area contributed by atoms with Gasteiger partial charge in [0.25, 0.3) is 12.3 Å². The van der Waals surface area contributed by atoms with Gasteiger partial charge in [0.1, 0.15) is 10.6 Å². The van der Waals surface area contributed by atoms with Gasteiger partial charge in [-0.1, -0.05) is 13.3 Å². The highest BCUT2D eigenvalue weighted by molar-refractivity contribution is 7.89. The Hall–Kier alpha value is -1.48. The number of nitrogens with two attached hydrogens (primary N) is 1. The maximum absolute atomic E-state index is 12.5. The molecule has 1 heterocycles. The van der Waals surface area contributed by atoms with Crippen molar-refractivity contribution >= 4 is 15.9 Å². The fourth-order valence-electron chi connectivity index (χ4n) is 1.81. The maximum atomic E-state index is 12.5. The highest BCUT2D eigenvalue weighted by atomic mass is 32.2. The summed E-state index contributed by atoms with van der Waals surface area (Å²) in [5.74, 6) is -0.515. The van der Waals surface area contributed by atoms with E-state index in [1.165, 1.54) is 11.9 Å². The zero-order chi connectivity index (χ0) is 16.2. The normalized spacial score (nSPS) is 11.9. The van der Waals surface area contributed by atoms with Crippen molar-refractivity contribution < 1.29 is 22.0 Å². The van der Waals surface area contributed by atoms with Crippen LogP contribution < -0.4 is 5.14 Å². The molecule has 0 aliphatic rings. The lowest BCUT2D eigenvalue weighted by Gasteiger charge is -2.17. The van der Waals surface area contributed by atoms with Gasteiger partial charge in [0, 0.05) is 19.8 Å². The third-order valence-corrected chi connectivity index (χ3v) is 3.83. The van der Waals surface area contributed by atoms with Crippen molar-refractivity contribution in [3.05, 3.63) is 18.0 Å². The van der Waals surface area contributed by atoms with E-state index in [0.29, 0.717) is 6.54 Å². The van der Waals surface area contributed by atoms with Gasteiger partial charge < -0.3 is 9.47 Å². The fourth-order valence-corrected chi connectivity index (χ4v) is 2.36. The van der Waals surface area contributed by atoms with Crippen molar-refractivity contribution in [2.24, 2.45) is 5.14 Å². The number of unbranched alkanes of at least 4 members (excludes halogenated alkanes) is 1. The summed E-state index contributed by atoms with van der Waals surface area (Å²) in [6.07, 6.45) is -0.112. The summed E-state index contributed by atoms with van der Waals surface area (Å²) < 4.78 is 48.6. The first-order valence-electron chi connectivity index (χ1n) is 6.43. The zero-order valence-corrected chi connectivity index (χ0v) is 12.7. The summed E-state index contributed by atoms with van der Waals surface area (Å²) in [7, 11) is -2.52. The molecule has 0 aromatic carbocycles. The summed E-state index contributed by atoms with van der Waals surface area (Å²) >= 11 is 0. The Balaban J connectivity index is 3.13. The van der Waals surface area contributed by atoms with E-state index in [4.69, 9.17) is 5.14 Å². The predicted molar refractivity (Wildman–Crippen MR) is 73.7 cm³/mol. The molecule has 0 saturated carbocycles. The summed E-state index contributed by atoms with van der Waals surface area (Å²) in [4.78, 5) is 13.2. The lowest BCUT2D eigenvalue weighted by Crippen LogP contribution is -2.30. The van der Waals surface area contributed by atoms with Gasteiger partial charge in [0.05, 0.1) is 6.54 Å². The molecule has 2 N–H and O–H groups in total. The van der Waals surface area contributed by atoms with Crippen molar-refractivity contribution in [2.75, 3.05) is 13.6 Å². The molecule has 0 bridgehead atoms. The molecule has 0 aliphatic carbocycles. The van der Waals surface area contributed by atoms with E-state index in [9.17, 15) is 22.0 Å². The monoisotopic (exact) mass is 323 g/mol. The van der Waals surface area contributed by atoms with Crippen molar-refractivity contribution in [2.45, 2.75) is 37.6 Å². The molecule has 1 aromatic rings. The number of amides is 1. The topological polar surface area (TPSA) is 85.4 Å². The molecule has 9 heteroatoms. The molecule has 21 heavy (non-hydrogen) atoms. The number of halogens is 2. The molecule has 0 fully saturated rings. The van der Waals surface area contributed by atoms with Crippen LogP contribution in [0.5, 0.6) is 0 Å². The minimum absolute atomic E-state index is 0.113. The zero-order valence-electron chi connectivity index (χ0n) is 11.9. The molecule has 0 atom stereocenters.